The van der Waals surface area contributed by atoms with Crippen molar-refractivity contribution in [1.29, 1.82) is 0 Å². The monoisotopic (exact) mass is 456 g/mol. The Morgan fingerprint density at radius 3 is 1.94 bits per heavy atom. The van der Waals surface area contributed by atoms with Crippen LogP contribution in [0.3, 0.4) is 0 Å². The van der Waals surface area contributed by atoms with Gasteiger partial charge in [0.15, 0.2) is 0 Å². The number of rotatable bonds is 7. The Bertz CT molecular complexity index is 864. The third-order valence-corrected chi connectivity index (χ3v) is 6.04. The maximum absolute atomic E-state index is 6.21. The molecule has 2 fully saturated rings. The fraction of sp³-hybridized carbons (Fsp3) is 0.591. The summed E-state index contributed by atoms with van der Waals surface area (Å²) in [6.07, 6.45) is 2.37. The highest BCUT2D eigenvalue weighted by atomic mass is 16.5. The number of anilines is 3. The molecule has 2 saturated heterocycles. The van der Waals surface area contributed by atoms with E-state index >= 15 is 0 Å². The molecule has 1 aromatic heterocycles. The quantitative estimate of drug-likeness (QED) is 0.355. The first-order valence-electron chi connectivity index (χ1n) is 11.5. The molecule has 3 heterocycles. The van der Waals surface area contributed by atoms with Crippen LogP contribution in [0, 0.1) is 0 Å². The van der Waals surface area contributed by atoms with Gasteiger partial charge in [-0.15, -0.1) is 0 Å². The molecular formula is C22H36N10O. The number of piperidine rings is 2. The zero-order chi connectivity index (χ0) is 23.4. The molecule has 2 aliphatic heterocycles. The summed E-state index contributed by atoms with van der Waals surface area (Å²) in [5.41, 5.74) is 26.0. The smallest absolute Gasteiger partial charge is 0.232 e. The van der Waals surface area contributed by atoms with E-state index in [9.17, 15) is 0 Å². The maximum atomic E-state index is 6.21. The van der Waals surface area contributed by atoms with Crippen molar-refractivity contribution in [1.82, 2.24) is 15.0 Å². The molecule has 2 aliphatic rings. The number of methoxy groups -OCH3 is 1. The minimum Gasteiger partial charge on any atom is -0.497 e. The molecule has 2 aromatic rings. The van der Waals surface area contributed by atoms with Crippen molar-refractivity contribution in [3.05, 3.63) is 29.8 Å². The zero-order valence-corrected chi connectivity index (χ0v) is 19.2. The summed E-state index contributed by atoms with van der Waals surface area (Å²) in [4.78, 5) is 18.2. The lowest BCUT2D eigenvalue weighted by molar-refractivity contribution is 0.414. The molecule has 180 valence electrons. The highest BCUT2D eigenvalue weighted by Crippen LogP contribution is 2.22. The first-order chi connectivity index (χ1) is 15.9. The topological polar surface area (TPSA) is 170 Å². The summed E-state index contributed by atoms with van der Waals surface area (Å²) in [6, 6.07) is 7.94. The van der Waals surface area contributed by atoms with Crippen LogP contribution in [0.25, 0.3) is 0 Å². The van der Waals surface area contributed by atoms with Crippen LogP contribution >= 0.6 is 0 Å². The van der Waals surface area contributed by atoms with E-state index in [-0.39, 0.29) is 24.2 Å². The van der Waals surface area contributed by atoms with Gasteiger partial charge in [-0.3, -0.25) is 0 Å². The van der Waals surface area contributed by atoms with Crippen LogP contribution in [-0.4, -0.2) is 79.0 Å². The lowest BCUT2D eigenvalue weighted by Crippen LogP contribution is -2.54. The minimum absolute atomic E-state index is 0.0183. The largest absolute Gasteiger partial charge is 0.497 e. The van der Waals surface area contributed by atoms with Gasteiger partial charge in [0.05, 0.1) is 7.11 Å². The lowest BCUT2D eigenvalue weighted by atomic mass is 10.0. The molecule has 0 unspecified atom stereocenters. The molecule has 0 spiro atoms. The van der Waals surface area contributed by atoms with Gasteiger partial charge in [0.25, 0.3) is 0 Å². The van der Waals surface area contributed by atoms with Crippen LogP contribution in [-0.2, 0) is 6.42 Å². The Morgan fingerprint density at radius 2 is 1.42 bits per heavy atom. The number of nitrogens with two attached hydrogens (primary N) is 4. The predicted molar refractivity (Wildman–Crippen MR) is 131 cm³/mol. The number of hydrogen-bond donors (Lipinski definition) is 5. The molecule has 33 heavy (non-hydrogen) atoms. The number of nitrogens with zero attached hydrogens (tertiary/aromatic N) is 5. The summed E-state index contributed by atoms with van der Waals surface area (Å²) in [6.45, 7) is 3.27. The van der Waals surface area contributed by atoms with Crippen LogP contribution < -0.4 is 42.8 Å². The van der Waals surface area contributed by atoms with Gasteiger partial charge in [-0.25, -0.2) is 0 Å². The third-order valence-electron chi connectivity index (χ3n) is 6.04. The average Bonchev–Trinajstić information content (AvgIpc) is 2.78. The fourth-order valence-electron chi connectivity index (χ4n) is 4.55. The van der Waals surface area contributed by atoms with Crippen molar-refractivity contribution in [2.45, 2.75) is 43.4 Å². The van der Waals surface area contributed by atoms with E-state index in [0.717, 1.165) is 30.6 Å². The normalized spacial score (nSPS) is 25.7. The summed E-state index contributed by atoms with van der Waals surface area (Å²) in [7, 11) is 1.67. The molecular weight excluding hydrogens is 420 g/mol. The van der Waals surface area contributed by atoms with Crippen molar-refractivity contribution in [3.63, 3.8) is 0 Å². The van der Waals surface area contributed by atoms with Crippen LogP contribution in [0.4, 0.5) is 17.8 Å². The molecule has 0 saturated carbocycles. The first kappa shape index (κ1) is 23.4. The molecule has 4 atom stereocenters. The van der Waals surface area contributed by atoms with Gasteiger partial charge in [0, 0.05) is 56.9 Å². The van der Waals surface area contributed by atoms with Crippen LogP contribution in [0.1, 0.15) is 18.4 Å². The van der Waals surface area contributed by atoms with Gasteiger partial charge in [0.1, 0.15) is 5.75 Å². The van der Waals surface area contributed by atoms with E-state index in [1.807, 2.05) is 28.0 Å². The Hall–Kier alpha value is -2.73. The third kappa shape index (κ3) is 6.20. The second-order valence-corrected chi connectivity index (χ2v) is 9.11. The van der Waals surface area contributed by atoms with Gasteiger partial charge >= 0.3 is 0 Å². The van der Waals surface area contributed by atoms with Crippen molar-refractivity contribution in [3.8, 4) is 5.75 Å². The number of nitrogens with one attached hydrogen (secondary N) is 1. The number of hydrogen-bond acceptors (Lipinski definition) is 11. The highest BCUT2D eigenvalue weighted by Gasteiger charge is 2.28. The maximum Gasteiger partial charge on any atom is 0.232 e. The van der Waals surface area contributed by atoms with E-state index in [0.29, 0.717) is 50.6 Å². The standard InChI is InChI=1S/C22H36N10O/c1-33-19-4-2-3-14(7-19)5-6-27-20-28-21(31-10-15(23)8-16(24)11-31)30-22(29-20)32-12-17(25)9-18(26)13-32/h2-4,7,15-18H,5-6,8-13,23-26H2,1H3,(H,27,28,29,30)/t15-,16+,17-,18+. The Morgan fingerprint density at radius 1 is 0.879 bits per heavy atom. The van der Waals surface area contributed by atoms with E-state index in [1.54, 1.807) is 7.11 Å². The van der Waals surface area contributed by atoms with E-state index in [4.69, 9.17) is 42.6 Å². The van der Waals surface area contributed by atoms with Crippen LogP contribution in [0.2, 0.25) is 0 Å². The predicted octanol–water partition coefficient (Wildman–Crippen LogP) is -0.736. The van der Waals surface area contributed by atoms with Crippen LogP contribution in [0.5, 0.6) is 5.75 Å². The Balaban J connectivity index is 1.54. The van der Waals surface area contributed by atoms with Gasteiger partial charge in [-0.05, 0) is 37.0 Å². The van der Waals surface area contributed by atoms with Gasteiger partial charge in [0.2, 0.25) is 17.8 Å². The Labute approximate surface area is 194 Å². The van der Waals surface area contributed by atoms with Gasteiger partial charge in [-0.2, -0.15) is 15.0 Å². The summed E-state index contributed by atoms with van der Waals surface area (Å²) in [5, 5.41) is 3.35. The highest BCUT2D eigenvalue weighted by molar-refractivity contribution is 5.47. The molecule has 0 bridgehead atoms. The van der Waals surface area contributed by atoms with E-state index in [1.165, 1.54) is 0 Å². The van der Waals surface area contributed by atoms with Crippen molar-refractivity contribution in [2.24, 2.45) is 22.9 Å². The molecule has 11 nitrogen and oxygen atoms in total. The van der Waals surface area contributed by atoms with E-state index in [2.05, 4.69) is 11.4 Å². The molecule has 1 aromatic carbocycles. The zero-order valence-electron chi connectivity index (χ0n) is 19.2. The molecule has 4 rings (SSSR count). The van der Waals surface area contributed by atoms with Gasteiger partial charge in [-0.1, -0.05) is 12.1 Å². The molecule has 0 aliphatic carbocycles. The van der Waals surface area contributed by atoms with Crippen LogP contribution in [0.15, 0.2) is 24.3 Å². The summed E-state index contributed by atoms with van der Waals surface area (Å²) >= 11 is 0. The summed E-state index contributed by atoms with van der Waals surface area (Å²) in [5.74, 6) is 2.50. The first-order valence-corrected chi connectivity index (χ1v) is 11.5. The number of aromatic nitrogens is 3. The van der Waals surface area contributed by atoms with Crippen molar-refractivity contribution in [2.75, 3.05) is 55.0 Å². The number of ether oxygens (including phenoxy) is 1. The van der Waals surface area contributed by atoms with E-state index < -0.39 is 0 Å². The molecule has 0 radical (unpaired) electrons. The second-order valence-electron chi connectivity index (χ2n) is 9.11. The number of benzene rings is 1. The summed E-state index contributed by atoms with van der Waals surface area (Å²) < 4.78 is 5.31. The molecule has 0 amide bonds. The minimum atomic E-state index is -0.0183. The second kappa shape index (κ2) is 10.5. The molecule has 11 heteroatoms. The Kier molecular flexibility index (Phi) is 7.43. The van der Waals surface area contributed by atoms with Gasteiger partial charge < -0.3 is 42.8 Å². The van der Waals surface area contributed by atoms with Crippen molar-refractivity contribution < 1.29 is 4.74 Å². The van der Waals surface area contributed by atoms with Crippen molar-refractivity contribution >= 4 is 17.8 Å². The lowest BCUT2D eigenvalue weighted by Gasteiger charge is -2.37. The SMILES string of the molecule is COc1cccc(CCNc2nc(N3C[C@H](N)C[C@H](N)C3)nc(N3C[C@H](N)C[C@H](N)C3)n2)c1. The molecule has 9 N–H and O–H groups in total. The fourth-order valence-corrected chi connectivity index (χ4v) is 4.55. The average molecular weight is 457 g/mol.